The maximum Gasteiger partial charge on any atom is 0.314 e. The summed E-state index contributed by atoms with van der Waals surface area (Å²) in [5, 5.41) is 8.21. The fourth-order valence-corrected chi connectivity index (χ4v) is 3.06. The van der Waals surface area contributed by atoms with Crippen LogP contribution in [-0.4, -0.2) is 16.2 Å². The van der Waals surface area contributed by atoms with E-state index in [4.69, 9.17) is 4.74 Å². The first-order valence-corrected chi connectivity index (χ1v) is 8.47. The van der Waals surface area contributed by atoms with Crippen molar-refractivity contribution in [2.45, 2.75) is 25.7 Å². The summed E-state index contributed by atoms with van der Waals surface area (Å²) in [6.45, 7) is 0. The average molecular weight is 334 g/mol. The molecule has 5 nitrogen and oxygen atoms in total. The molecule has 3 aromatic rings. The number of nitrogens with zero attached hydrogens (tertiary/aromatic N) is 1. The molecule has 1 heterocycles. The van der Waals surface area contributed by atoms with Crippen molar-refractivity contribution < 1.29 is 9.53 Å². The highest BCUT2D eigenvalue weighted by Gasteiger charge is 2.27. The standard InChI is InChI=1S/C20H18N2O3/c23-19-17-10-2-1-9-16(17)18(21-22-19)12-13-5-3-8-15(11-13)25-20(24)14-6-4-7-14/h1-3,5,8-11,14H,4,6-7,12H2,(H,22,23). The van der Waals surface area contributed by atoms with Crippen LogP contribution in [0.3, 0.4) is 0 Å². The molecule has 4 rings (SSSR count). The zero-order valence-electron chi connectivity index (χ0n) is 13.7. The van der Waals surface area contributed by atoms with Gasteiger partial charge >= 0.3 is 5.97 Å². The van der Waals surface area contributed by atoms with Crippen LogP contribution < -0.4 is 10.3 Å². The number of ether oxygens (including phenoxy) is 1. The van der Waals surface area contributed by atoms with Gasteiger partial charge in [0.2, 0.25) is 0 Å². The van der Waals surface area contributed by atoms with Gasteiger partial charge in [-0.1, -0.05) is 36.8 Å². The van der Waals surface area contributed by atoms with Crippen LogP contribution in [-0.2, 0) is 11.2 Å². The summed E-state index contributed by atoms with van der Waals surface area (Å²) >= 11 is 0. The van der Waals surface area contributed by atoms with Crippen molar-refractivity contribution in [3.8, 4) is 5.75 Å². The molecule has 0 radical (unpaired) electrons. The number of aromatic amines is 1. The number of carbonyl (C=O) groups is 1. The Balaban J connectivity index is 1.59. The maximum atomic E-state index is 12.0. The first-order valence-electron chi connectivity index (χ1n) is 8.47. The van der Waals surface area contributed by atoms with Crippen LogP contribution in [0.15, 0.2) is 53.3 Å². The molecule has 0 aliphatic heterocycles. The second kappa shape index (κ2) is 6.51. The molecule has 1 aliphatic rings. The normalized spacial score (nSPS) is 14.2. The summed E-state index contributed by atoms with van der Waals surface area (Å²) in [6.07, 6.45) is 3.49. The SMILES string of the molecule is O=C(Oc1cccc(Cc2n[nH]c(=O)c3ccccc23)c1)C1CCC1. The van der Waals surface area contributed by atoms with Crippen LogP contribution in [0.4, 0.5) is 0 Å². The van der Waals surface area contributed by atoms with E-state index in [0.29, 0.717) is 17.6 Å². The number of hydrogen-bond donors (Lipinski definition) is 1. The van der Waals surface area contributed by atoms with Crippen molar-refractivity contribution >= 4 is 16.7 Å². The van der Waals surface area contributed by atoms with Crippen LogP contribution in [0.2, 0.25) is 0 Å². The van der Waals surface area contributed by atoms with Gasteiger partial charge in [0.15, 0.2) is 0 Å². The molecule has 0 atom stereocenters. The summed E-state index contributed by atoms with van der Waals surface area (Å²) in [4.78, 5) is 23.9. The van der Waals surface area contributed by atoms with E-state index >= 15 is 0 Å². The van der Waals surface area contributed by atoms with E-state index in [-0.39, 0.29) is 17.4 Å². The van der Waals surface area contributed by atoms with Crippen molar-refractivity contribution in [3.05, 3.63) is 70.1 Å². The minimum absolute atomic E-state index is 0.0495. The topological polar surface area (TPSA) is 72.0 Å². The third-order valence-electron chi connectivity index (χ3n) is 4.70. The summed E-state index contributed by atoms with van der Waals surface area (Å²) in [7, 11) is 0. The highest BCUT2D eigenvalue weighted by Crippen LogP contribution is 2.28. The summed E-state index contributed by atoms with van der Waals surface area (Å²) in [5.41, 5.74) is 1.57. The molecule has 0 spiro atoms. The minimum Gasteiger partial charge on any atom is -0.426 e. The second-order valence-corrected chi connectivity index (χ2v) is 6.42. The lowest BCUT2D eigenvalue weighted by atomic mass is 9.86. The van der Waals surface area contributed by atoms with Gasteiger partial charge in [0.1, 0.15) is 5.75 Å². The molecule has 1 N–H and O–H groups in total. The van der Waals surface area contributed by atoms with Crippen molar-refractivity contribution in [2.75, 3.05) is 0 Å². The highest BCUT2D eigenvalue weighted by molar-refractivity contribution is 5.83. The number of aromatic nitrogens is 2. The predicted octanol–water partition coefficient (Wildman–Crippen LogP) is 3.22. The molecule has 0 bridgehead atoms. The number of benzene rings is 2. The third-order valence-corrected chi connectivity index (χ3v) is 4.70. The van der Waals surface area contributed by atoms with E-state index in [0.717, 1.165) is 35.9 Å². The third kappa shape index (κ3) is 3.18. The molecule has 0 unspecified atom stereocenters. The minimum atomic E-state index is -0.192. The van der Waals surface area contributed by atoms with Gasteiger partial charge in [-0.15, -0.1) is 0 Å². The fourth-order valence-electron chi connectivity index (χ4n) is 3.06. The van der Waals surface area contributed by atoms with E-state index in [1.54, 1.807) is 12.1 Å². The largest absolute Gasteiger partial charge is 0.426 e. The lowest BCUT2D eigenvalue weighted by Gasteiger charge is -2.23. The first-order chi connectivity index (χ1) is 12.2. The Bertz CT molecular complexity index is 989. The lowest BCUT2D eigenvalue weighted by molar-refractivity contribution is -0.141. The number of H-pyrrole nitrogens is 1. The summed E-state index contributed by atoms with van der Waals surface area (Å²) in [5.74, 6) is 0.465. The van der Waals surface area contributed by atoms with Gasteiger partial charge in [0.05, 0.1) is 17.0 Å². The summed E-state index contributed by atoms with van der Waals surface area (Å²) < 4.78 is 5.49. The van der Waals surface area contributed by atoms with Crippen molar-refractivity contribution in [3.63, 3.8) is 0 Å². The van der Waals surface area contributed by atoms with Gasteiger partial charge < -0.3 is 4.74 Å². The quantitative estimate of drug-likeness (QED) is 0.587. The molecule has 5 heteroatoms. The predicted molar refractivity (Wildman–Crippen MR) is 94.6 cm³/mol. The zero-order chi connectivity index (χ0) is 17.2. The molecule has 0 amide bonds. The molecule has 1 aliphatic carbocycles. The Hall–Kier alpha value is -2.95. The number of carbonyl (C=O) groups excluding carboxylic acids is 1. The van der Waals surface area contributed by atoms with E-state index in [1.807, 2.05) is 36.4 Å². The zero-order valence-corrected chi connectivity index (χ0v) is 13.7. The Morgan fingerprint density at radius 1 is 1.12 bits per heavy atom. The van der Waals surface area contributed by atoms with Crippen molar-refractivity contribution in [1.29, 1.82) is 0 Å². The smallest absolute Gasteiger partial charge is 0.314 e. The Morgan fingerprint density at radius 3 is 2.68 bits per heavy atom. The van der Waals surface area contributed by atoms with Crippen molar-refractivity contribution in [2.24, 2.45) is 5.92 Å². The average Bonchev–Trinajstić information content (AvgIpc) is 2.56. The van der Waals surface area contributed by atoms with Crippen LogP contribution in [0, 0.1) is 5.92 Å². The number of nitrogens with one attached hydrogen (secondary N) is 1. The maximum absolute atomic E-state index is 12.0. The molecule has 1 saturated carbocycles. The molecule has 2 aromatic carbocycles. The molecule has 1 aromatic heterocycles. The second-order valence-electron chi connectivity index (χ2n) is 6.42. The van der Waals surface area contributed by atoms with Gasteiger partial charge in [0.25, 0.3) is 5.56 Å². The van der Waals surface area contributed by atoms with Crippen LogP contribution >= 0.6 is 0 Å². The van der Waals surface area contributed by atoms with Gasteiger partial charge in [-0.2, -0.15) is 5.10 Å². The Labute approximate surface area is 144 Å². The molecule has 0 saturated heterocycles. The monoisotopic (exact) mass is 334 g/mol. The van der Waals surface area contributed by atoms with E-state index in [1.165, 1.54) is 0 Å². The van der Waals surface area contributed by atoms with Gasteiger partial charge in [-0.25, -0.2) is 5.10 Å². The van der Waals surface area contributed by atoms with Gasteiger partial charge in [-0.05, 0) is 36.6 Å². The van der Waals surface area contributed by atoms with E-state index in [2.05, 4.69) is 10.2 Å². The number of rotatable bonds is 4. The Morgan fingerprint density at radius 2 is 1.92 bits per heavy atom. The molecular weight excluding hydrogens is 316 g/mol. The molecular formula is C20H18N2O3. The number of fused-ring (bicyclic) bond motifs is 1. The molecule has 1 fully saturated rings. The number of esters is 1. The number of hydrogen-bond acceptors (Lipinski definition) is 4. The fraction of sp³-hybridized carbons (Fsp3) is 0.250. The molecule has 25 heavy (non-hydrogen) atoms. The van der Waals surface area contributed by atoms with Gasteiger partial charge in [0, 0.05) is 11.8 Å². The van der Waals surface area contributed by atoms with E-state index < -0.39 is 0 Å². The van der Waals surface area contributed by atoms with Crippen LogP contribution in [0.5, 0.6) is 5.75 Å². The Kier molecular flexibility index (Phi) is 4.06. The van der Waals surface area contributed by atoms with Crippen LogP contribution in [0.1, 0.15) is 30.5 Å². The van der Waals surface area contributed by atoms with Crippen molar-refractivity contribution in [1.82, 2.24) is 10.2 Å². The van der Waals surface area contributed by atoms with E-state index in [9.17, 15) is 9.59 Å². The first kappa shape index (κ1) is 15.6. The lowest BCUT2D eigenvalue weighted by Crippen LogP contribution is -2.26. The molecule has 126 valence electrons. The highest BCUT2D eigenvalue weighted by atomic mass is 16.5. The van der Waals surface area contributed by atoms with Crippen LogP contribution in [0.25, 0.3) is 10.8 Å². The summed E-state index contributed by atoms with van der Waals surface area (Å²) in [6, 6.07) is 14.9. The van der Waals surface area contributed by atoms with Gasteiger partial charge in [-0.3, -0.25) is 9.59 Å².